The number of hydrogen-bond donors (Lipinski definition) is 2. The Labute approximate surface area is 134 Å². The molecule has 1 fully saturated rings. The fourth-order valence-corrected chi connectivity index (χ4v) is 3.65. The Balaban J connectivity index is 2.01. The SMILES string of the molecule is O=C(C[C@H](NS(=O)(=O)c1ccccc1)C(=O)O)OC1CCCC1. The number of carboxylic acids is 1. The van der Waals surface area contributed by atoms with Crippen molar-refractivity contribution < 1.29 is 27.9 Å². The summed E-state index contributed by atoms with van der Waals surface area (Å²) in [4.78, 5) is 23.0. The highest BCUT2D eigenvalue weighted by Crippen LogP contribution is 2.21. The monoisotopic (exact) mass is 341 g/mol. The first-order valence-corrected chi connectivity index (χ1v) is 8.86. The second-order valence-electron chi connectivity index (χ2n) is 5.43. The molecule has 1 atom stereocenters. The van der Waals surface area contributed by atoms with Gasteiger partial charge in [-0.1, -0.05) is 18.2 Å². The van der Waals surface area contributed by atoms with E-state index in [4.69, 9.17) is 9.84 Å². The zero-order valence-corrected chi connectivity index (χ0v) is 13.3. The van der Waals surface area contributed by atoms with E-state index in [1.54, 1.807) is 6.07 Å². The van der Waals surface area contributed by atoms with Crippen LogP contribution in [-0.4, -0.2) is 37.6 Å². The van der Waals surface area contributed by atoms with E-state index >= 15 is 0 Å². The smallest absolute Gasteiger partial charge is 0.322 e. The van der Waals surface area contributed by atoms with E-state index in [-0.39, 0.29) is 11.0 Å². The molecule has 1 aromatic carbocycles. The van der Waals surface area contributed by atoms with Crippen LogP contribution < -0.4 is 4.72 Å². The molecule has 0 aliphatic heterocycles. The summed E-state index contributed by atoms with van der Waals surface area (Å²) in [6, 6.07) is 5.83. The van der Waals surface area contributed by atoms with E-state index in [9.17, 15) is 18.0 Å². The highest BCUT2D eigenvalue weighted by molar-refractivity contribution is 7.89. The number of aliphatic carboxylic acids is 1. The van der Waals surface area contributed by atoms with E-state index < -0.39 is 34.4 Å². The van der Waals surface area contributed by atoms with Crippen molar-refractivity contribution in [2.24, 2.45) is 0 Å². The Kier molecular flexibility index (Phi) is 5.73. The molecule has 0 heterocycles. The molecule has 2 N–H and O–H groups in total. The molecule has 7 nitrogen and oxygen atoms in total. The fraction of sp³-hybridized carbons (Fsp3) is 0.467. The quantitative estimate of drug-likeness (QED) is 0.723. The lowest BCUT2D eigenvalue weighted by atomic mass is 10.2. The van der Waals surface area contributed by atoms with Crippen molar-refractivity contribution in [1.82, 2.24) is 4.72 Å². The van der Waals surface area contributed by atoms with Crippen molar-refractivity contribution in [3.63, 3.8) is 0 Å². The molecular weight excluding hydrogens is 322 g/mol. The third kappa shape index (κ3) is 5.04. The maximum atomic E-state index is 12.1. The number of benzene rings is 1. The molecule has 0 bridgehead atoms. The third-order valence-electron chi connectivity index (χ3n) is 3.62. The Bertz CT molecular complexity index is 652. The zero-order chi connectivity index (χ0) is 16.9. The number of carbonyl (C=O) groups is 2. The minimum Gasteiger partial charge on any atom is -0.480 e. The molecule has 0 saturated heterocycles. The van der Waals surface area contributed by atoms with Gasteiger partial charge in [-0.05, 0) is 37.8 Å². The van der Waals surface area contributed by atoms with Gasteiger partial charge < -0.3 is 9.84 Å². The van der Waals surface area contributed by atoms with Crippen molar-refractivity contribution in [2.75, 3.05) is 0 Å². The fourth-order valence-electron chi connectivity index (χ4n) is 2.44. The molecule has 2 rings (SSSR count). The molecule has 1 saturated carbocycles. The van der Waals surface area contributed by atoms with Crippen molar-refractivity contribution in [1.29, 1.82) is 0 Å². The molecule has 0 spiro atoms. The number of carbonyl (C=O) groups excluding carboxylic acids is 1. The number of esters is 1. The maximum Gasteiger partial charge on any atom is 0.322 e. The van der Waals surface area contributed by atoms with Crippen LogP contribution >= 0.6 is 0 Å². The Morgan fingerprint density at radius 2 is 1.83 bits per heavy atom. The minimum absolute atomic E-state index is 0.0598. The van der Waals surface area contributed by atoms with E-state index in [0.717, 1.165) is 25.7 Å². The lowest BCUT2D eigenvalue weighted by Crippen LogP contribution is -2.42. The summed E-state index contributed by atoms with van der Waals surface area (Å²) in [6.07, 6.45) is 2.74. The van der Waals surface area contributed by atoms with Gasteiger partial charge in [-0.2, -0.15) is 4.72 Å². The van der Waals surface area contributed by atoms with Gasteiger partial charge in [0, 0.05) is 0 Å². The summed E-state index contributed by atoms with van der Waals surface area (Å²) in [5.41, 5.74) is 0. The highest BCUT2D eigenvalue weighted by atomic mass is 32.2. The Morgan fingerprint density at radius 1 is 1.22 bits per heavy atom. The lowest BCUT2D eigenvalue weighted by Gasteiger charge is -2.16. The van der Waals surface area contributed by atoms with Gasteiger partial charge in [0.15, 0.2) is 0 Å². The molecule has 23 heavy (non-hydrogen) atoms. The van der Waals surface area contributed by atoms with Gasteiger partial charge in [0.2, 0.25) is 10.0 Å². The van der Waals surface area contributed by atoms with Crippen LogP contribution in [-0.2, 0) is 24.3 Å². The summed E-state index contributed by atoms with van der Waals surface area (Å²) in [5.74, 6) is -2.13. The Hall–Kier alpha value is -1.93. The van der Waals surface area contributed by atoms with Gasteiger partial charge in [-0.3, -0.25) is 9.59 Å². The average molecular weight is 341 g/mol. The largest absolute Gasteiger partial charge is 0.480 e. The second-order valence-corrected chi connectivity index (χ2v) is 7.14. The van der Waals surface area contributed by atoms with Crippen LogP contribution in [0.2, 0.25) is 0 Å². The predicted molar refractivity (Wildman–Crippen MR) is 81.2 cm³/mol. The van der Waals surface area contributed by atoms with E-state index in [0.29, 0.717) is 0 Å². The molecule has 0 unspecified atom stereocenters. The lowest BCUT2D eigenvalue weighted by molar-refractivity contribution is -0.152. The summed E-state index contributed by atoms with van der Waals surface area (Å²) in [6.45, 7) is 0. The van der Waals surface area contributed by atoms with Gasteiger partial charge in [0.25, 0.3) is 0 Å². The molecule has 1 aliphatic rings. The predicted octanol–water partition coefficient (Wildman–Crippen LogP) is 1.29. The van der Waals surface area contributed by atoms with Crippen LogP contribution in [0.1, 0.15) is 32.1 Å². The molecule has 1 aromatic rings. The first-order chi connectivity index (χ1) is 10.9. The van der Waals surface area contributed by atoms with Gasteiger partial charge in [0.1, 0.15) is 12.1 Å². The number of nitrogens with one attached hydrogen (secondary N) is 1. The molecule has 126 valence electrons. The van der Waals surface area contributed by atoms with Crippen LogP contribution in [0.25, 0.3) is 0 Å². The standard InChI is InChI=1S/C15H19NO6S/c17-14(22-11-6-4-5-7-11)10-13(15(18)19)16-23(20,21)12-8-2-1-3-9-12/h1-3,8-9,11,13,16H,4-7,10H2,(H,18,19)/t13-/m0/s1. The topological polar surface area (TPSA) is 110 Å². The van der Waals surface area contributed by atoms with Crippen molar-refractivity contribution in [3.05, 3.63) is 30.3 Å². The summed E-state index contributed by atoms with van der Waals surface area (Å²) in [5, 5.41) is 9.16. The normalized spacial score (nSPS) is 16.9. The summed E-state index contributed by atoms with van der Waals surface area (Å²) < 4.78 is 31.5. The third-order valence-corrected chi connectivity index (χ3v) is 5.11. The van der Waals surface area contributed by atoms with Gasteiger partial charge in [0.05, 0.1) is 11.3 Å². The van der Waals surface area contributed by atoms with Gasteiger partial charge >= 0.3 is 11.9 Å². The van der Waals surface area contributed by atoms with E-state index in [2.05, 4.69) is 0 Å². The summed E-state index contributed by atoms with van der Waals surface area (Å²) >= 11 is 0. The number of sulfonamides is 1. The summed E-state index contributed by atoms with van der Waals surface area (Å²) in [7, 11) is -4.02. The highest BCUT2D eigenvalue weighted by Gasteiger charge is 2.29. The Morgan fingerprint density at radius 3 is 2.39 bits per heavy atom. The first kappa shape index (κ1) is 17.4. The number of ether oxygens (including phenoxy) is 1. The molecule has 0 radical (unpaired) electrons. The first-order valence-electron chi connectivity index (χ1n) is 7.38. The molecule has 8 heteroatoms. The van der Waals surface area contributed by atoms with Crippen molar-refractivity contribution in [2.45, 2.75) is 49.1 Å². The number of carboxylic acid groups (broad SMARTS) is 1. The number of hydrogen-bond acceptors (Lipinski definition) is 5. The minimum atomic E-state index is -4.02. The van der Waals surface area contributed by atoms with Crippen molar-refractivity contribution >= 4 is 22.0 Å². The molecule has 1 aliphatic carbocycles. The number of rotatable bonds is 7. The van der Waals surface area contributed by atoms with Crippen LogP contribution in [0.15, 0.2) is 35.2 Å². The van der Waals surface area contributed by atoms with Crippen molar-refractivity contribution in [3.8, 4) is 0 Å². The van der Waals surface area contributed by atoms with Gasteiger partial charge in [-0.15, -0.1) is 0 Å². The molecule has 0 amide bonds. The van der Waals surface area contributed by atoms with E-state index in [1.165, 1.54) is 24.3 Å². The second kappa shape index (κ2) is 7.56. The average Bonchev–Trinajstić information content (AvgIpc) is 3.00. The van der Waals surface area contributed by atoms with Crippen LogP contribution in [0.5, 0.6) is 0 Å². The zero-order valence-electron chi connectivity index (χ0n) is 12.5. The van der Waals surface area contributed by atoms with E-state index in [1.807, 2.05) is 4.72 Å². The maximum absolute atomic E-state index is 12.1. The molecule has 0 aromatic heterocycles. The van der Waals surface area contributed by atoms with Gasteiger partial charge in [-0.25, -0.2) is 8.42 Å². The van der Waals surface area contributed by atoms with Crippen LogP contribution in [0, 0.1) is 0 Å². The van der Waals surface area contributed by atoms with Crippen LogP contribution in [0.3, 0.4) is 0 Å². The molecular formula is C15H19NO6S. The van der Waals surface area contributed by atoms with Crippen LogP contribution in [0.4, 0.5) is 0 Å².